The average Bonchev–Trinajstić information content (AvgIpc) is 3.61. The number of aromatic nitrogens is 3. The van der Waals surface area contributed by atoms with Gasteiger partial charge in [0.25, 0.3) is 0 Å². The number of carbonyl (C=O) groups excluding carboxylic acids is 2. The number of piperidine rings is 1. The maximum absolute atomic E-state index is 14.8. The fraction of sp³-hybridized carbons (Fsp3) is 0.538. The number of carbonyl (C=O) groups is 2. The molecular weight excluding hydrogens is 467 g/mol. The average molecular weight is 501 g/mol. The second kappa shape index (κ2) is 11.9. The van der Waals surface area contributed by atoms with Gasteiger partial charge in [-0.3, -0.25) is 14.5 Å². The van der Waals surface area contributed by atoms with Gasteiger partial charge in [0.2, 0.25) is 0 Å². The molecule has 1 aliphatic carbocycles. The molecule has 1 saturated heterocycles. The van der Waals surface area contributed by atoms with Gasteiger partial charge in [0.05, 0.1) is 24.5 Å². The van der Waals surface area contributed by atoms with Crippen LogP contribution in [-0.2, 0) is 20.9 Å². The van der Waals surface area contributed by atoms with Crippen molar-refractivity contribution in [2.45, 2.75) is 63.3 Å². The maximum atomic E-state index is 14.8. The number of nitrogens with zero attached hydrogens (tertiary/aromatic N) is 4. The number of Topliss-reactive ketones (excluding diaryl/α,β-unsaturated/α-hetero) is 1. The van der Waals surface area contributed by atoms with Crippen molar-refractivity contribution in [3.05, 3.63) is 53.1 Å². The number of unbranched alkanes of at least 4 members (excludes halogenated alkanes) is 1. The summed E-state index contributed by atoms with van der Waals surface area (Å²) in [5.41, 5.74) is 2.36. The highest BCUT2D eigenvalue weighted by Gasteiger charge is 2.40. The lowest BCUT2D eigenvalue weighted by Crippen LogP contribution is -2.42. The molecule has 7 nitrogen and oxygen atoms in total. The summed E-state index contributed by atoms with van der Waals surface area (Å²) >= 11 is 4.80. The first-order chi connectivity index (χ1) is 17.0. The Morgan fingerprint density at radius 2 is 2.06 bits per heavy atom. The molecule has 0 bridgehead atoms. The van der Waals surface area contributed by atoms with E-state index in [1.54, 1.807) is 31.3 Å². The molecule has 9 heteroatoms. The Kier molecular flexibility index (Phi) is 8.73. The zero-order valence-electron chi connectivity index (χ0n) is 20.1. The summed E-state index contributed by atoms with van der Waals surface area (Å²) in [4.78, 5) is 26.9. The van der Waals surface area contributed by atoms with Crippen LogP contribution < -0.4 is 0 Å². The van der Waals surface area contributed by atoms with Crippen molar-refractivity contribution in [2.24, 2.45) is 5.92 Å². The second-order valence-corrected chi connectivity index (χ2v) is 9.86. The molecule has 2 atom stereocenters. The minimum Gasteiger partial charge on any atom is -0.466 e. The van der Waals surface area contributed by atoms with Crippen molar-refractivity contribution in [3.63, 3.8) is 0 Å². The Morgan fingerprint density at radius 3 is 2.80 bits per heavy atom. The van der Waals surface area contributed by atoms with Crippen LogP contribution in [0.4, 0.5) is 4.39 Å². The molecule has 2 aliphatic rings. The molecule has 2 unspecified atom stereocenters. The summed E-state index contributed by atoms with van der Waals surface area (Å²) in [6, 6.07) is 6.02. The van der Waals surface area contributed by atoms with Gasteiger partial charge in [-0.1, -0.05) is 23.4 Å². The van der Waals surface area contributed by atoms with Gasteiger partial charge in [-0.2, -0.15) is 12.6 Å². The lowest BCUT2D eigenvalue weighted by molar-refractivity contribution is -0.143. The van der Waals surface area contributed by atoms with E-state index in [1.165, 1.54) is 6.07 Å². The number of likely N-dealkylation sites (tertiary alicyclic amines) is 1. The highest BCUT2D eigenvalue weighted by Crippen LogP contribution is 2.39. The van der Waals surface area contributed by atoms with Crippen molar-refractivity contribution < 1.29 is 18.7 Å². The molecule has 2 heterocycles. The molecule has 0 radical (unpaired) electrons. The Labute approximate surface area is 211 Å². The number of benzene rings is 1. The van der Waals surface area contributed by atoms with Crippen LogP contribution in [0.3, 0.4) is 0 Å². The Morgan fingerprint density at radius 1 is 1.26 bits per heavy atom. The Bertz CT molecular complexity index is 1070. The minimum absolute atomic E-state index is 0.0287. The van der Waals surface area contributed by atoms with Crippen LogP contribution >= 0.6 is 12.6 Å². The third kappa shape index (κ3) is 6.58. The number of aryl methyl sites for hydroxylation is 1. The van der Waals surface area contributed by atoms with Crippen LogP contribution in [0.5, 0.6) is 0 Å². The highest BCUT2D eigenvalue weighted by molar-refractivity contribution is 7.81. The van der Waals surface area contributed by atoms with Crippen molar-refractivity contribution in [1.82, 2.24) is 19.9 Å². The minimum atomic E-state index is -0.584. The summed E-state index contributed by atoms with van der Waals surface area (Å²) in [7, 11) is 0. The van der Waals surface area contributed by atoms with Crippen LogP contribution in [0.15, 0.2) is 36.0 Å². The maximum Gasteiger partial charge on any atom is 0.305 e. The SMILES string of the molecule is CCOC(=O)CCCCn1nncc1/C=C1\CN(C(C(=O)C2CC2)c2ccccc2F)CCC1S. The first-order valence-corrected chi connectivity index (χ1v) is 12.9. The molecule has 1 saturated carbocycles. The van der Waals surface area contributed by atoms with Gasteiger partial charge in [0.15, 0.2) is 5.78 Å². The van der Waals surface area contributed by atoms with Gasteiger partial charge >= 0.3 is 5.97 Å². The molecule has 1 aromatic heterocycles. The van der Waals surface area contributed by atoms with E-state index in [0.29, 0.717) is 44.6 Å². The zero-order chi connectivity index (χ0) is 24.8. The lowest BCUT2D eigenvalue weighted by Gasteiger charge is -2.37. The van der Waals surface area contributed by atoms with Crippen molar-refractivity contribution in [1.29, 1.82) is 0 Å². The Hall–Kier alpha value is -2.52. The molecule has 0 amide bonds. The van der Waals surface area contributed by atoms with E-state index in [1.807, 2.05) is 10.8 Å². The monoisotopic (exact) mass is 500 g/mol. The fourth-order valence-electron chi connectivity index (χ4n) is 4.58. The normalized spacial score (nSPS) is 20.7. The largest absolute Gasteiger partial charge is 0.466 e. The quantitative estimate of drug-likeness (QED) is 0.282. The van der Waals surface area contributed by atoms with Crippen LogP contribution in [0.25, 0.3) is 6.08 Å². The van der Waals surface area contributed by atoms with Gasteiger partial charge in [-0.15, -0.1) is 5.10 Å². The Balaban J connectivity index is 1.47. The molecule has 188 valence electrons. The molecule has 1 aromatic carbocycles. The smallest absolute Gasteiger partial charge is 0.305 e. The van der Waals surface area contributed by atoms with Gasteiger partial charge in [0, 0.05) is 42.8 Å². The van der Waals surface area contributed by atoms with Gasteiger partial charge < -0.3 is 4.74 Å². The summed E-state index contributed by atoms with van der Waals surface area (Å²) in [5.74, 6) is -0.379. The van der Waals surface area contributed by atoms with E-state index in [2.05, 4.69) is 15.2 Å². The molecule has 0 spiro atoms. The first-order valence-electron chi connectivity index (χ1n) is 12.4. The van der Waals surface area contributed by atoms with E-state index in [9.17, 15) is 14.0 Å². The number of ether oxygens (including phenoxy) is 1. The number of esters is 1. The first kappa shape index (κ1) is 25.6. The van der Waals surface area contributed by atoms with Crippen LogP contribution in [0.2, 0.25) is 0 Å². The molecule has 0 N–H and O–H groups in total. The predicted octanol–water partition coefficient (Wildman–Crippen LogP) is 4.26. The predicted molar refractivity (Wildman–Crippen MR) is 134 cm³/mol. The van der Waals surface area contributed by atoms with E-state index in [0.717, 1.165) is 37.0 Å². The molecule has 2 fully saturated rings. The number of ketones is 1. The van der Waals surface area contributed by atoms with E-state index in [4.69, 9.17) is 17.4 Å². The summed E-state index contributed by atoms with van der Waals surface area (Å²) in [5, 5.41) is 8.30. The van der Waals surface area contributed by atoms with Crippen LogP contribution in [0.1, 0.15) is 62.7 Å². The van der Waals surface area contributed by atoms with Crippen molar-refractivity contribution in [2.75, 3.05) is 19.7 Å². The number of thiol groups is 1. The summed E-state index contributed by atoms with van der Waals surface area (Å²) in [6.07, 6.45) is 8.16. The third-order valence-corrected chi connectivity index (χ3v) is 7.19. The zero-order valence-corrected chi connectivity index (χ0v) is 21.0. The summed E-state index contributed by atoms with van der Waals surface area (Å²) in [6.45, 7) is 4.03. The van der Waals surface area contributed by atoms with E-state index in [-0.39, 0.29) is 28.7 Å². The molecule has 35 heavy (non-hydrogen) atoms. The molecular formula is C26H33FN4O3S. The topological polar surface area (TPSA) is 77.3 Å². The summed E-state index contributed by atoms with van der Waals surface area (Å²) < 4.78 is 21.5. The highest BCUT2D eigenvalue weighted by atomic mass is 32.1. The molecule has 1 aliphatic heterocycles. The number of hydrogen-bond donors (Lipinski definition) is 1. The van der Waals surface area contributed by atoms with Gasteiger partial charge in [-0.05, 0) is 56.7 Å². The van der Waals surface area contributed by atoms with Crippen molar-refractivity contribution in [3.8, 4) is 0 Å². The van der Waals surface area contributed by atoms with Crippen LogP contribution in [0, 0.1) is 11.7 Å². The second-order valence-electron chi connectivity index (χ2n) is 9.24. The van der Waals surface area contributed by atoms with Gasteiger partial charge in [-0.25, -0.2) is 9.07 Å². The standard InChI is InChI=1S/C26H33FN4O3S/c1-2-34-24(32)9-5-6-13-31-20(16-28-29-31)15-19-17-30(14-12-23(19)35)25(26(33)18-10-11-18)21-7-3-4-8-22(21)27/h3-4,7-8,15-16,18,23,25,35H,2,5-6,9-14,17H2,1H3/b19-15+. The van der Waals surface area contributed by atoms with Crippen molar-refractivity contribution >= 4 is 30.5 Å². The van der Waals surface area contributed by atoms with E-state index < -0.39 is 6.04 Å². The van der Waals surface area contributed by atoms with Crippen LogP contribution in [-0.4, -0.2) is 56.6 Å². The molecule has 2 aromatic rings. The molecule has 4 rings (SSSR count). The number of hydrogen-bond acceptors (Lipinski definition) is 7. The third-order valence-electron chi connectivity index (χ3n) is 6.60. The lowest BCUT2D eigenvalue weighted by atomic mass is 9.93. The number of halogens is 1. The fourth-order valence-corrected chi connectivity index (χ4v) is 4.85. The van der Waals surface area contributed by atoms with E-state index >= 15 is 0 Å². The van der Waals surface area contributed by atoms with Gasteiger partial charge in [0.1, 0.15) is 5.82 Å². The number of rotatable bonds is 11.